The molecule has 0 saturated carbocycles. The molecule has 3 amide bonds. The fourth-order valence-electron chi connectivity index (χ4n) is 5.19. The average molecular weight is 436 g/mol. The maximum absolute atomic E-state index is 13.8. The number of hydrogen-bond acceptors (Lipinski definition) is 4. The van der Waals surface area contributed by atoms with Crippen molar-refractivity contribution in [2.24, 2.45) is 29.6 Å². The molecule has 0 bridgehead atoms. The molecule has 31 heavy (non-hydrogen) atoms. The van der Waals surface area contributed by atoms with E-state index < -0.39 is 35.4 Å². The molecular weight excluding hydrogens is 394 g/mol. The van der Waals surface area contributed by atoms with Gasteiger partial charge in [-0.05, 0) is 39.0 Å². The molecule has 3 N–H and O–H groups in total. The molecule has 0 aromatic heterocycles. The van der Waals surface area contributed by atoms with Gasteiger partial charge in [0, 0.05) is 18.5 Å². The van der Waals surface area contributed by atoms with Crippen molar-refractivity contribution in [3.05, 3.63) is 12.2 Å². The summed E-state index contributed by atoms with van der Waals surface area (Å²) in [5.41, 5.74) is -0.460. The predicted octanol–water partition coefficient (Wildman–Crippen LogP) is 2.10. The van der Waals surface area contributed by atoms with Crippen LogP contribution < -0.4 is 10.6 Å². The molecule has 7 nitrogen and oxygen atoms in total. The lowest BCUT2D eigenvalue weighted by atomic mass is 9.68. The Balaban J connectivity index is 2.59. The van der Waals surface area contributed by atoms with E-state index in [4.69, 9.17) is 0 Å². The molecule has 1 heterocycles. The molecule has 0 spiro atoms. The van der Waals surface area contributed by atoms with Gasteiger partial charge in [0.05, 0.1) is 24.5 Å². The zero-order chi connectivity index (χ0) is 23.5. The summed E-state index contributed by atoms with van der Waals surface area (Å²) in [5.74, 6) is -2.13. The third-order valence-electron chi connectivity index (χ3n) is 6.83. The van der Waals surface area contributed by atoms with E-state index in [1.54, 1.807) is 11.9 Å². The van der Waals surface area contributed by atoms with Crippen molar-refractivity contribution < 1.29 is 19.5 Å². The molecule has 0 radical (unpaired) electrons. The van der Waals surface area contributed by atoms with Crippen LogP contribution in [0.3, 0.4) is 0 Å². The summed E-state index contributed by atoms with van der Waals surface area (Å²) in [7, 11) is 1.59. The number of aliphatic hydroxyl groups is 1. The number of hydrogen-bond donors (Lipinski definition) is 3. The fraction of sp³-hybridized carbons (Fsp3) is 0.792. The molecule has 7 atom stereocenters. The summed E-state index contributed by atoms with van der Waals surface area (Å²) in [6.45, 7) is 11.6. The molecule has 0 aromatic carbocycles. The van der Waals surface area contributed by atoms with Gasteiger partial charge in [0.1, 0.15) is 6.04 Å². The van der Waals surface area contributed by atoms with Gasteiger partial charge in [-0.2, -0.15) is 0 Å². The first-order chi connectivity index (χ1) is 14.5. The first-order valence-electron chi connectivity index (χ1n) is 11.7. The van der Waals surface area contributed by atoms with Crippen LogP contribution in [-0.4, -0.2) is 59.0 Å². The Morgan fingerprint density at radius 3 is 2.32 bits per heavy atom. The van der Waals surface area contributed by atoms with Gasteiger partial charge in [0.15, 0.2) is 0 Å². The summed E-state index contributed by atoms with van der Waals surface area (Å²) < 4.78 is 0. The molecule has 176 valence electrons. The SMILES string of the molecule is CCC[C@@H]1C=C[C@H]2[C@@H](C(=O)N([C@@H](CO)[C@@H](C)CC)[C@@H]2C(=O)NC(C)(C)C)[C@@H]1C(=O)NC. The van der Waals surface area contributed by atoms with Crippen molar-refractivity contribution in [1.82, 2.24) is 15.5 Å². The maximum atomic E-state index is 13.8. The van der Waals surface area contributed by atoms with Gasteiger partial charge in [0.25, 0.3) is 0 Å². The van der Waals surface area contributed by atoms with Crippen molar-refractivity contribution in [2.45, 2.75) is 78.4 Å². The van der Waals surface area contributed by atoms with Crippen molar-refractivity contribution in [3.8, 4) is 0 Å². The normalized spacial score (nSPS) is 30.0. The third-order valence-corrected chi connectivity index (χ3v) is 6.83. The van der Waals surface area contributed by atoms with E-state index in [9.17, 15) is 19.5 Å². The zero-order valence-electron chi connectivity index (χ0n) is 20.1. The molecule has 1 saturated heterocycles. The predicted molar refractivity (Wildman–Crippen MR) is 121 cm³/mol. The minimum absolute atomic E-state index is 0.0212. The third kappa shape index (κ3) is 5.13. The number of carbonyl (C=O) groups is 3. The number of rotatable bonds is 8. The minimum atomic E-state index is -0.742. The molecule has 1 fully saturated rings. The van der Waals surface area contributed by atoms with Crippen LogP contribution in [0, 0.1) is 29.6 Å². The molecule has 7 heteroatoms. The number of nitrogens with one attached hydrogen (secondary N) is 2. The Labute approximate surface area is 187 Å². The van der Waals surface area contributed by atoms with Crippen LogP contribution in [-0.2, 0) is 14.4 Å². The van der Waals surface area contributed by atoms with E-state index in [-0.39, 0.29) is 36.2 Å². The molecular formula is C24H41N3O4. The Bertz CT molecular complexity index is 699. The number of fused-ring (bicyclic) bond motifs is 1. The first kappa shape index (κ1) is 25.4. The smallest absolute Gasteiger partial charge is 0.243 e. The summed E-state index contributed by atoms with van der Waals surface area (Å²) in [6.07, 6.45) is 6.47. The van der Waals surface area contributed by atoms with E-state index >= 15 is 0 Å². The second-order valence-electron chi connectivity index (χ2n) is 10.1. The van der Waals surface area contributed by atoms with Crippen molar-refractivity contribution in [2.75, 3.05) is 13.7 Å². The summed E-state index contributed by atoms with van der Waals surface area (Å²) >= 11 is 0. The zero-order valence-corrected chi connectivity index (χ0v) is 20.1. The van der Waals surface area contributed by atoms with Crippen LogP contribution in [0.4, 0.5) is 0 Å². The van der Waals surface area contributed by atoms with Gasteiger partial charge >= 0.3 is 0 Å². The number of amides is 3. The van der Waals surface area contributed by atoms with Crippen LogP contribution in [0.2, 0.25) is 0 Å². The summed E-state index contributed by atoms with van der Waals surface area (Å²) in [6, 6.07) is -1.21. The minimum Gasteiger partial charge on any atom is -0.394 e. The molecule has 0 unspecified atom stereocenters. The van der Waals surface area contributed by atoms with Crippen molar-refractivity contribution in [3.63, 3.8) is 0 Å². The van der Waals surface area contributed by atoms with Gasteiger partial charge in [0.2, 0.25) is 17.7 Å². The second-order valence-corrected chi connectivity index (χ2v) is 10.1. The number of nitrogens with zero attached hydrogens (tertiary/aromatic N) is 1. The summed E-state index contributed by atoms with van der Waals surface area (Å²) in [4.78, 5) is 41.8. The fourth-order valence-corrected chi connectivity index (χ4v) is 5.19. The highest BCUT2D eigenvalue weighted by Gasteiger charge is 2.58. The summed E-state index contributed by atoms with van der Waals surface area (Å²) in [5, 5.41) is 16.0. The van der Waals surface area contributed by atoms with Crippen molar-refractivity contribution in [1.29, 1.82) is 0 Å². The number of aliphatic hydroxyl groups excluding tert-OH is 1. The van der Waals surface area contributed by atoms with E-state index in [0.717, 1.165) is 19.3 Å². The second kappa shape index (κ2) is 10.2. The first-order valence-corrected chi connectivity index (χ1v) is 11.7. The van der Waals surface area contributed by atoms with Crippen LogP contribution >= 0.6 is 0 Å². The molecule has 2 rings (SSSR count). The highest BCUT2D eigenvalue weighted by Crippen LogP contribution is 2.46. The van der Waals surface area contributed by atoms with Crippen LogP contribution in [0.15, 0.2) is 12.2 Å². The molecule has 1 aliphatic heterocycles. The Hall–Kier alpha value is -1.89. The van der Waals surface area contributed by atoms with Crippen LogP contribution in [0.25, 0.3) is 0 Å². The quantitative estimate of drug-likeness (QED) is 0.509. The maximum Gasteiger partial charge on any atom is 0.243 e. The molecule has 1 aliphatic carbocycles. The molecule has 2 aliphatic rings. The topological polar surface area (TPSA) is 98.7 Å². The van der Waals surface area contributed by atoms with E-state index in [1.807, 2.05) is 46.8 Å². The Morgan fingerprint density at radius 1 is 1.19 bits per heavy atom. The lowest BCUT2D eigenvalue weighted by Crippen LogP contribution is -2.56. The van der Waals surface area contributed by atoms with E-state index in [0.29, 0.717) is 0 Å². The van der Waals surface area contributed by atoms with Crippen LogP contribution in [0.1, 0.15) is 60.8 Å². The highest BCUT2D eigenvalue weighted by molar-refractivity contribution is 5.97. The number of carbonyl (C=O) groups excluding carboxylic acids is 3. The van der Waals surface area contributed by atoms with E-state index in [2.05, 4.69) is 17.6 Å². The number of allylic oxidation sites excluding steroid dienone is 1. The van der Waals surface area contributed by atoms with Gasteiger partial charge in [-0.1, -0.05) is 45.8 Å². The van der Waals surface area contributed by atoms with Gasteiger partial charge in [-0.15, -0.1) is 0 Å². The van der Waals surface area contributed by atoms with Crippen LogP contribution in [0.5, 0.6) is 0 Å². The molecule has 0 aromatic rings. The van der Waals surface area contributed by atoms with Gasteiger partial charge in [-0.25, -0.2) is 0 Å². The lowest BCUT2D eigenvalue weighted by Gasteiger charge is -2.37. The monoisotopic (exact) mass is 435 g/mol. The standard InChI is InChI=1S/C24H41N3O4/c1-8-10-15-11-12-16-19(18(15)21(29)25-7)23(31)27(17(13-28)14(3)9-2)20(16)22(30)26-24(4,5)6/h11-12,14-20,28H,8-10,13H2,1-7H3,(H,25,29)(H,26,30)/t14-,15+,16-,17-,18+,19+,20-/m0/s1. The Kier molecular flexibility index (Phi) is 8.31. The lowest BCUT2D eigenvalue weighted by molar-refractivity contribution is -0.144. The number of likely N-dealkylation sites (tertiary alicyclic amines) is 1. The van der Waals surface area contributed by atoms with E-state index in [1.165, 1.54) is 0 Å². The van der Waals surface area contributed by atoms with Gasteiger partial charge in [-0.3, -0.25) is 14.4 Å². The van der Waals surface area contributed by atoms with Gasteiger partial charge < -0.3 is 20.6 Å². The Morgan fingerprint density at radius 2 is 1.84 bits per heavy atom. The van der Waals surface area contributed by atoms with Crippen molar-refractivity contribution >= 4 is 17.7 Å². The largest absolute Gasteiger partial charge is 0.394 e. The average Bonchev–Trinajstić information content (AvgIpc) is 2.99. The highest BCUT2D eigenvalue weighted by atomic mass is 16.3.